The van der Waals surface area contributed by atoms with E-state index >= 15 is 0 Å². The Morgan fingerprint density at radius 1 is 1.35 bits per heavy atom. The highest BCUT2D eigenvalue weighted by atomic mass is 19.2. The fourth-order valence-corrected chi connectivity index (χ4v) is 2.29. The van der Waals surface area contributed by atoms with Crippen LogP contribution in [0, 0.1) is 11.6 Å². The van der Waals surface area contributed by atoms with E-state index in [2.05, 4.69) is 0 Å². The lowest BCUT2D eigenvalue weighted by atomic mass is 9.97. The third-order valence-corrected chi connectivity index (χ3v) is 3.22. The van der Waals surface area contributed by atoms with Crippen molar-refractivity contribution in [3.05, 3.63) is 35.4 Å². The van der Waals surface area contributed by atoms with Crippen LogP contribution in [0.4, 0.5) is 8.78 Å². The number of amides is 1. The highest BCUT2D eigenvalue weighted by Gasteiger charge is 2.35. The molecule has 0 aromatic heterocycles. The molecule has 1 aliphatic heterocycles. The number of carbonyl (C=O) groups excluding carboxylic acids is 1. The summed E-state index contributed by atoms with van der Waals surface area (Å²) in [5.74, 6) is -2.42. The maximum Gasteiger partial charge on any atom is 0.230 e. The molecule has 4 heteroatoms. The quantitative estimate of drug-likeness (QED) is 0.777. The highest BCUT2D eigenvalue weighted by Crippen LogP contribution is 2.31. The van der Waals surface area contributed by atoms with E-state index in [1.165, 1.54) is 12.1 Å². The van der Waals surface area contributed by atoms with Gasteiger partial charge in [0, 0.05) is 18.2 Å². The van der Waals surface area contributed by atoms with Gasteiger partial charge in [-0.3, -0.25) is 4.79 Å². The summed E-state index contributed by atoms with van der Waals surface area (Å²) in [7, 11) is 0. The largest absolute Gasteiger partial charge is 0.340 e. The first kappa shape index (κ1) is 12.0. The summed E-state index contributed by atoms with van der Waals surface area (Å²) in [5, 5.41) is 0. The lowest BCUT2D eigenvalue weighted by Crippen LogP contribution is -2.33. The van der Waals surface area contributed by atoms with Gasteiger partial charge in [-0.1, -0.05) is 12.1 Å². The third kappa shape index (κ3) is 2.04. The van der Waals surface area contributed by atoms with E-state index in [-0.39, 0.29) is 17.5 Å². The van der Waals surface area contributed by atoms with Crippen LogP contribution >= 0.6 is 0 Å². The van der Waals surface area contributed by atoms with E-state index in [1.807, 2.05) is 13.8 Å². The van der Waals surface area contributed by atoms with Crippen LogP contribution < -0.4 is 0 Å². The minimum atomic E-state index is -0.892. The summed E-state index contributed by atoms with van der Waals surface area (Å²) >= 11 is 0. The Hall–Kier alpha value is -1.45. The van der Waals surface area contributed by atoms with Gasteiger partial charge in [0.05, 0.1) is 5.92 Å². The molecule has 1 unspecified atom stereocenters. The zero-order chi connectivity index (χ0) is 12.6. The average Bonchev–Trinajstić information content (AvgIpc) is 2.64. The Balaban J connectivity index is 2.31. The molecule has 0 radical (unpaired) electrons. The van der Waals surface area contributed by atoms with E-state index in [0.717, 1.165) is 6.07 Å². The number of likely N-dealkylation sites (tertiary alicyclic amines) is 1. The molecular weight excluding hydrogens is 224 g/mol. The molecule has 0 bridgehead atoms. The predicted octanol–water partition coefficient (Wildman–Crippen LogP) is 2.69. The fraction of sp³-hybridized carbons (Fsp3) is 0.462. The van der Waals surface area contributed by atoms with Gasteiger partial charge in [-0.05, 0) is 26.3 Å². The van der Waals surface area contributed by atoms with Gasteiger partial charge in [0.1, 0.15) is 0 Å². The standard InChI is InChI=1S/C13H15F2NO/c1-8(2)16-7-6-10(13(16)17)9-4-3-5-11(14)12(9)15/h3-5,8,10H,6-7H2,1-2H3. The fourth-order valence-electron chi connectivity index (χ4n) is 2.29. The molecule has 0 aliphatic carbocycles. The molecule has 2 rings (SSSR count). The number of rotatable bonds is 2. The first-order valence-electron chi connectivity index (χ1n) is 5.76. The van der Waals surface area contributed by atoms with Crippen molar-refractivity contribution in [2.24, 2.45) is 0 Å². The number of hydrogen-bond acceptors (Lipinski definition) is 1. The Morgan fingerprint density at radius 3 is 2.65 bits per heavy atom. The SMILES string of the molecule is CC(C)N1CCC(c2cccc(F)c2F)C1=O. The first-order chi connectivity index (χ1) is 8.02. The van der Waals surface area contributed by atoms with Crippen molar-refractivity contribution in [3.8, 4) is 0 Å². The summed E-state index contributed by atoms with van der Waals surface area (Å²) in [5.41, 5.74) is 0.179. The molecule has 2 nitrogen and oxygen atoms in total. The van der Waals surface area contributed by atoms with E-state index < -0.39 is 17.6 Å². The monoisotopic (exact) mass is 239 g/mol. The molecule has 92 valence electrons. The van der Waals surface area contributed by atoms with Gasteiger partial charge < -0.3 is 4.90 Å². The Labute approximate surface area is 99.2 Å². The smallest absolute Gasteiger partial charge is 0.230 e. The number of benzene rings is 1. The molecule has 1 aromatic carbocycles. The average molecular weight is 239 g/mol. The maximum atomic E-state index is 13.6. The Bertz CT molecular complexity index is 445. The third-order valence-electron chi connectivity index (χ3n) is 3.22. The van der Waals surface area contributed by atoms with Crippen molar-refractivity contribution in [1.82, 2.24) is 4.90 Å². The van der Waals surface area contributed by atoms with Gasteiger partial charge in [-0.2, -0.15) is 0 Å². The van der Waals surface area contributed by atoms with Crippen LogP contribution in [-0.2, 0) is 4.79 Å². The van der Waals surface area contributed by atoms with Crippen LogP contribution in [-0.4, -0.2) is 23.4 Å². The Morgan fingerprint density at radius 2 is 2.06 bits per heavy atom. The van der Waals surface area contributed by atoms with Gasteiger partial charge in [0.2, 0.25) is 5.91 Å². The number of halogens is 2. The number of carbonyl (C=O) groups is 1. The van der Waals surface area contributed by atoms with Crippen molar-refractivity contribution >= 4 is 5.91 Å². The summed E-state index contributed by atoms with van der Waals surface area (Å²) < 4.78 is 26.7. The first-order valence-corrected chi connectivity index (χ1v) is 5.76. The van der Waals surface area contributed by atoms with Gasteiger partial charge in [-0.15, -0.1) is 0 Å². The number of nitrogens with zero attached hydrogens (tertiary/aromatic N) is 1. The second kappa shape index (κ2) is 4.43. The normalized spacial score (nSPS) is 20.4. The molecule has 1 amide bonds. The van der Waals surface area contributed by atoms with Crippen LogP contribution in [0.1, 0.15) is 31.7 Å². The molecule has 17 heavy (non-hydrogen) atoms. The summed E-state index contributed by atoms with van der Waals surface area (Å²) in [4.78, 5) is 13.8. The highest BCUT2D eigenvalue weighted by molar-refractivity contribution is 5.86. The Kier molecular flexibility index (Phi) is 3.13. The maximum absolute atomic E-state index is 13.6. The predicted molar refractivity (Wildman–Crippen MR) is 60.6 cm³/mol. The van der Waals surface area contributed by atoms with Crippen molar-refractivity contribution in [2.75, 3.05) is 6.54 Å². The van der Waals surface area contributed by atoms with Crippen LogP contribution in [0.25, 0.3) is 0 Å². The van der Waals surface area contributed by atoms with E-state index in [0.29, 0.717) is 13.0 Å². The molecule has 1 atom stereocenters. The summed E-state index contributed by atoms with van der Waals surface area (Å²) in [6.45, 7) is 4.45. The summed E-state index contributed by atoms with van der Waals surface area (Å²) in [6.07, 6.45) is 0.553. The molecule has 1 fully saturated rings. The van der Waals surface area contributed by atoms with Crippen LogP contribution in [0.2, 0.25) is 0 Å². The minimum absolute atomic E-state index is 0.101. The molecule has 0 saturated carbocycles. The zero-order valence-corrected chi connectivity index (χ0v) is 9.91. The zero-order valence-electron chi connectivity index (χ0n) is 9.91. The van der Waals surface area contributed by atoms with E-state index in [1.54, 1.807) is 4.90 Å². The lowest BCUT2D eigenvalue weighted by molar-refractivity contribution is -0.130. The molecule has 0 N–H and O–H groups in total. The van der Waals surface area contributed by atoms with Gasteiger partial charge in [0.15, 0.2) is 11.6 Å². The summed E-state index contributed by atoms with van der Waals surface area (Å²) in [6, 6.07) is 4.10. The molecule has 1 aromatic rings. The molecule has 1 heterocycles. The van der Waals surface area contributed by atoms with Crippen molar-refractivity contribution in [1.29, 1.82) is 0 Å². The topological polar surface area (TPSA) is 20.3 Å². The van der Waals surface area contributed by atoms with Crippen LogP contribution in [0.15, 0.2) is 18.2 Å². The molecule has 1 aliphatic rings. The second-order valence-electron chi connectivity index (χ2n) is 4.61. The van der Waals surface area contributed by atoms with Gasteiger partial charge in [-0.25, -0.2) is 8.78 Å². The second-order valence-corrected chi connectivity index (χ2v) is 4.61. The van der Waals surface area contributed by atoms with Crippen LogP contribution in [0.5, 0.6) is 0 Å². The van der Waals surface area contributed by atoms with Gasteiger partial charge >= 0.3 is 0 Å². The van der Waals surface area contributed by atoms with E-state index in [4.69, 9.17) is 0 Å². The van der Waals surface area contributed by atoms with Gasteiger partial charge in [0.25, 0.3) is 0 Å². The molecule has 1 saturated heterocycles. The molecular formula is C13H15F2NO. The lowest BCUT2D eigenvalue weighted by Gasteiger charge is -2.21. The van der Waals surface area contributed by atoms with Crippen molar-refractivity contribution in [3.63, 3.8) is 0 Å². The number of hydrogen-bond donors (Lipinski definition) is 0. The molecule has 0 spiro atoms. The van der Waals surface area contributed by atoms with Crippen molar-refractivity contribution < 1.29 is 13.6 Å². The van der Waals surface area contributed by atoms with E-state index in [9.17, 15) is 13.6 Å². The van der Waals surface area contributed by atoms with Crippen molar-refractivity contribution in [2.45, 2.75) is 32.2 Å². The minimum Gasteiger partial charge on any atom is -0.340 e. The van der Waals surface area contributed by atoms with Crippen LogP contribution in [0.3, 0.4) is 0 Å².